The Morgan fingerprint density at radius 1 is 1.03 bits per heavy atom. The standard InChI is InChI=1S/C27H35NO2/c1-6-7-18-25(19-20-26(29)30-27(3,4)5)28(21-23-14-10-8-11-15-23)22(2)24-16-12-9-13-17-24/h8-17,22,25H,6-7,18,21H2,1-5H3/t22-,25-/m0/s1. The van der Waals surface area contributed by atoms with E-state index in [4.69, 9.17) is 4.74 Å². The number of esters is 1. The summed E-state index contributed by atoms with van der Waals surface area (Å²) in [5.41, 5.74) is 1.95. The molecule has 0 fully saturated rings. The van der Waals surface area contributed by atoms with Gasteiger partial charge >= 0.3 is 5.97 Å². The van der Waals surface area contributed by atoms with Crippen LogP contribution in [0.5, 0.6) is 0 Å². The Morgan fingerprint density at radius 3 is 2.20 bits per heavy atom. The van der Waals surface area contributed by atoms with Crippen LogP contribution in [-0.2, 0) is 16.1 Å². The Balaban J connectivity index is 2.35. The van der Waals surface area contributed by atoms with E-state index in [-0.39, 0.29) is 12.1 Å². The molecule has 0 saturated heterocycles. The van der Waals surface area contributed by atoms with Crippen molar-refractivity contribution < 1.29 is 9.53 Å². The molecule has 0 N–H and O–H groups in total. The zero-order chi connectivity index (χ0) is 22.0. The summed E-state index contributed by atoms with van der Waals surface area (Å²) in [6.07, 6.45) is 3.06. The molecule has 0 aliphatic rings. The van der Waals surface area contributed by atoms with E-state index in [1.807, 2.05) is 32.9 Å². The van der Waals surface area contributed by atoms with E-state index in [1.54, 1.807) is 0 Å². The molecule has 2 rings (SSSR count). The van der Waals surface area contributed by atoms with Crippen molar-refractivity contribution in [3.63, 3.8) is 0 Å². The zero-order valence-corrected chi connectivity index (χ0v) is 19.0. The average Bonchev–Trinajstić information content (AvgIpc) is 2.72. The Bertz CT molecular complexity index is 828. The predicted molar refractivity (Wildman–Crippen MR) is 124 cm³/mol. The minimum atomic E-state index is -0.536. The van der Waals surface area contributed by atoms with Gasteiger partial charge in [-0.05, 0) is 45.2 Å². The number of carbonyl (C=O) groups is 1. The lowest BCUT2D eigenvalue weighted by molar-refractivity contribution is -0.147. The molecule has 0 saturated carbocycles. The topological polar surface area (TPSA) is 29.5 Å². The zero-order valence-electron chi connectivity index (χ0n) is 19.0. The predicted octanol–water partition coefficient (Wildman–Crippen LogP) is 6.15. The molecule has 2 atom stereocenters. The maximum Gasteiger partial charge on any atom is 0.384 e. The lowest BCUT2D eigenvalue weighted by Crippen LogP contribution is -2.36. The van der Waals surface area contributed by atoms with Crippen molar-refractivity contribution in [3.8, 4) is 11.8 Å². The fourth-order valence-corrected chi connectivity index (χ4v) is 3.40. The van der Waals surface area contributed by atoms with Gasteiger partial charge in [-0.3, -0.25) is 4.90 Å². The maximum atomic E-state index is 12.2. The molecule has 0 aliphatic carbocycles. The number of hydrogen-bond donors (Lipinski definition) is 0. The Morgan fingerprint density at radius 2 is 1.63 bits per heavy atom. The first-order valence-electron chi connectivity index (χ1n) is 10.9. The Labute approximate surface area is 182 Å². The number of carbonyl (C=O) groups excluding carboxylic acids is 1. The van der Waals surface area contributed by atoms with Crippen molar-refractivity contribution in [2.75, 3.05) is 0 Å². The van der Waals surface area contributed by atoms with Crippen molar-refractivity contribution in [3.05, 3.63) is 71.8 Å². The highest BCUT2D eigenvalue weighted by molar-refractivity contribution is 5.88. The van der Waals surface area contributed by atoms with Crippen molar-refractivity contribution in [1.29, 1.82) is 0 Å². The van der Waals surface area contributed by atoms with Crippen LogP contribution >= 0.6 is 0 Å². The molecule has 0 spiro atoms. The highest BCUT2D eigenvalue weighted by atomic mass is 16.6. The molecule has 30 heavy (non-hydrogen) atoms. The van der Waals surface area contributed by atoms with Crippen molar-refractivity contribution in [2.24, 2.45) is 0 Å². The maximum absolute atomic E-state index is 12.2. The quantitative estimate of drug-likeness (QED) is 0.299. The van der Waals surface area contributed by atoms with Crippen LogP contribution in [0.25, 0.3) is 0 Å². The van der Waals surface area contributed by atoms with Crippen LogP contribution in [0.15, 0.2) is 60.7 Å². The van der Waals surface area contributed by atoms with E-state index in [2.05, 4.69) is 79.1 Å². The van der Waals surface area contributed by atoms with Gasteiger partial charge in [0.25, 0.3) is 0 Å². The van der Waals surface area contributed by atoms with E-state index in [1.165, 1.54) is 11.1 Å². The van der Waals surface area contributed by atoms with Crippen LogP contribution in [0.3, 0.4) is 0 Å². The van der Waals surface area contributed by atoms with Crippen LogP contribution in [0.2, 0.25) is 0 Å². The van der Waals surface area contributed by atoms with Gasteiger partial charge in [0.1, 0.15) is 5.60 Å². The fourth-order valence-electron chi connectivity index (χ4n) is 3.40. The van der Waals surface area contributed by atoms with Gasteiger partial charge in [-0.2, -0.15) is 0 Å². The van der Waals surface area contributed by atoms with E-state index in [0.29, 0.717) is 0 Å². The van der Waals surface area contributed by atoms with Crippen LogP contribution in [0, 0.1) is 11.8 Å². The molecule has 0 aliphatic heterocycles. The summed E-state index contributed by atoms with van der Waals surface area (Å²) in [5, 5.41) is 0. The monoisotopic (exact) mass is 405 g/mol. The third-order valence-electron chi connectivity index (χ3n) is 4.96. The Kier molecular flexibility index (Phi) is 9.15. The smallest absolute Gasteiger partial charge is 0.384 e. The SMILES string of the molecule is CCCC[C@@H](C#CC(=O)OC(C)(C)C)N(Cc1ccccc1)[C@@H](C)c1ccccc1. The first-order valence-corrected chi connectivity index (χ1v) is 10.9. The van der Waals surface area contributed by atoms with Gasteiger partial charge in [-0.1, -0.05) is 86.3 Å². The van der Waals surface area contributed by atoms with Gasteiger partial charge in [0.05, 0.1) is 6.04 Å². The second-order valence-corrected chi connectivity index (χ2v) is 8.67. The largest absolute Gasteiger partial charge is 0.450 e. The number of rotatable bonds is 8. The van der Waals surface area contributed by atoms with Crippen molar-refractivity contribution in [2.45, 2.75) is 78.1 Å². The molecule has 0 radical (unpaired) electrons. The summed E-state index contributed by atoms with van der Waals surface area (Å²) in [6, 6.07) is 21.1. The molecule has 0 unspecified atom stereocenters. The van der Waals surface area contributed by atoms with Crippen LogP contribution in [0.1, 0.15) is 71.0 Å². The van der Waals surface area contributed by atoms with Crippen LogP contribution in [0.4, 0.5) is 0 Å². The minimum absolute atomic E-state index is 0.0344. The second-order valence-electron chi connectivity index (χ2n) is 8.67. The molecule has 2 aromatic carbocycles. The lowest BCUT2D eigenvalue weighted by atomic mass is 10.0. The second kappa shape index (κ2) is 11.6. The molecule has 3 heteroatoms. The van der Waals surface area contributed by atoms with Gasteiger partial charge in [0.2, 0.25) is 0 Å². The van der Waals surface area contributed by atoms with Crippen molar-refractivity contribution in [1.82, 2.24) is 4.90 Å². The summed E-state index contributed by atoms with van der Waals surface area (Å²) in [4.78, 5) is 14.6. The first-order chi connectivity index (χ1) is 14.3. The van der Waals surface area contributed by atoms with Gasteiger partial charge < -0.3 is 4.74 Å². The Hall–Kier alpha value is -2.57. The molecule has 0 bridgehead atoms. The third-order valence-corrected chi connectivity index (χ3v) is 4.96. The molecule has 0 aromatic heterocycles. The third kappa shape index (κ3) is 8.05. The summed E-state index contributed by atoms with van der Waals surface area (Å²) in [5.74, 6) is 5.56. The fraction of sp³-hybridized carbons (Fsp3) is 0.444. The number of unbranched alkanes of at least 4 members (excludes halogenated alkanes) is 1. The summed E-state index contributed by atoms with van der Waals surface area (Å²) in [6.45, 7) is 10.8. The normalized spacial score (nSPS) is 13.3. The van der Waals surface area contributed by atoms with Gasteiger partial charge in [-0.25, -0.2) is 4.79 Å². The first kappa shape index (κ1) is 23.7. The van der Waals surface area contributed by atoms with Crippen LogP contribution < -0.4 is 0 Å². The van der Waals surface area contributed by atoms with E-state index >= 15 is 0 Å². The van der Waals surface area contributed by atoms with E-state index < -0.39 is 11.6 Å². The molecule has 160 valence electrons. The summed E-state index contributed by atoms with van der Waals surface area (Å²) in [7, 11) is 0. The average molecular weight is 406 g/mol. The molecule has 3 nitrogen and oxygen atoms in total. The number of hydrogen-bond acceptors (Lipinski definition) is 3. The van der Waals surface area contributed by atoms with E-state index in [9.17, 15) is 4.79 Å². The minimum Gasteiger partial charge on any atom is -0.450 e. The van der Waals surface area contributed by atoms with Crippen molar-refractivity contribution >= 4 is 5.97 Å². The number of ether oxygens (including phenoxy) is 1. The number of benzene rings is 2. The highest BCUT2D eigenvalue weighted by Gasteiger charge is 2.24. The van der Waals surface area contributed by atoms with E-state index in [0.717, 1.165) is 25.8 Å². The van der Waals surface area contributed by atoms with Gasteiger partial charge in [0, 0.05) is 18.5 Å². The summed E-state index contributed by atoms with van der Waals surface area (Å²) >= 11 is 0. The number of nitrogens with zero attached hydrogens (tertiary/aromatic N) is 1. The molecular weight excluding hydrogens is 370 g/mol. The highest BCUT2D eigenvalue weighted by Crippen LogP contribution is 2.26. The molecule has 0 amide bonds. The lowest BCUT2D eigenvalue weighted by Gasteiger charge is -2.34. The van der Waals surface area contributed by atoms with Gasteiger partial charge in [-0.15, -0.1) is 0 Å². The molecule has 0 heterocycles. The molecule has 2 aromatic rings. The van der Waals surface area contributed by atoms with Gasteiger partial charge in [0.15, 0.2) is 0 Å². The summed E-state index contributed by atoms with van der Waals surface area (Å²) < 4.78 is 5.40. The molecular formula is C27H35NO2. The van der Waals surface area contributed by atoms with Crippen LogP contribution in [-0.4, -0.2) is 22.5 Å².